The normalized spacial score (nSPS) is 14.5. The van der Waals surface area contributed by atoms with Crippen molar-refractivity contribution < 1.29 is 19.0 Å². The van der Waals surface area contributed by atoms with E-state index in [1.165, 1.54) is 0 Å². The molecule has 0 spiro atoms. The van der Waals surface area contributed by atoms with Crippen LogP contribution in [-0.4, -0.2) is 57.2 Å². The van der Waals surface area contributed by atoms with Crippen molar-refractivity contribution in [2.24, 2.45) is 0 Å². The first-order valence-electron chi connectivity index (χ1n) is 11.1. The second-order valence-corrected chi connectivity index (χ2v) is 8.88. The van der Waals surface area contributed by atoms with Crippen LogP contribution >= 0.6 is 11.3 Å². The van der Waals surface area contributed by atoms with Crippen molar-refractivity contribution in [3.05, 3.63) is 76.7 Å². The minimum atomic E-state index is -0.0391. The zero-order chi connectivity index (χ0) is 23.0. The number of hydrogen-bond acceptors (Lipinski definition) is 6. The molecule has 1 aromatic heterocycles. The van der Waals surface area contributed by atoms with Gasteiger partial charge in [-0.3, -0.25) is 9.69 Å². The summed E-state index contributed by atoms with van der Waals surface area (Å²) in [7, 11) is 1.67. The highest BCUT2D eigenvalue weighted by atomic mass is 32.1. The van der Waals surface area contributed by atoms with Gasteiger partial charge >= 0.3 is 0 Å². The SMILES string of the molecule is COc1cc(OCCN2CCOCC2)c(/C=C/C(=O)c2ccc(C)cc2)cc1-c1cccs1. The second kappa shape index (κ2) is 11.3. The number of ether oxygens (including phenoxy) is 3. The van der Waals surface area contributed by atoms with Crippen molar-refractivity contribution in [2.45, 2.75) is 6.92 Å². The molecular formula is C27H29NO4S. The quantitative estimate of drug-likeness (QED) is 0.317. The molecule has 0 saturated carbocycles. The van der Waals surface area contributed by atoms with Crippen LogP contribution in [0.15, 0.2) is 60.0 Å². The van der Waals surface area contributed by atoms with Crippen molar-refractivity contribution in [2.75, 3.05) is 46.6 Å². The van der Waals surface area contributed by atoms with Crippen LogP contribution in [0.2, 0.25) is 0 Å². The summed E-state index contributed by atoms with van der Waals surface area (Å²) < 4.78 is 17.3. The lowest BCUT2D eigenvalue weighted by atomic mass is 10.0. The Kier molecular flexibility index (Phi) is 7.94. The maximum Gasteiger partial charge on any atom is 0.185 e. The Labute approximate surface area is 199 Å². The number of benzene rings is 2. The van der Waals surface area contributed by atoms with Crippen molar-refractivity contribution in [3.63, 3.8) is 0 Å². The van der Waals surface area contributed by atoms with Gasteiger partial charge in [0.25, 0.3) is 0 Å². The molecule has 6 heteroatoms. The third-order valence-corrected chi connectivity index (χ3v) is 6.54. The molecule has 0 N–H and O–H groups in total. The van der Waals surface area contributed by atoms with Gasteiger partial charge in [0, 0.05) is 47.3 Å². The van der Waals surface area contributed by atoms with E-state index < -0.39 is 0 Å². The molecule has 3 aromatic rings. The average molecular weight is 464 g/mol. The summed E-state index contributed by atoms with van der Waals surface area (Å²) in [6.07, 6.45) is 3.45. The standard InChI is InChI=1S/C27H29NO4S/c1-20-5-7-21(8-6-20)24(29)10-9-22-18-23(27-4-3-17-33-27)26(30-2)19-25(22)32-16-13-28-11-14-31-15-12-28/h3-10,17-19H,11-16H2,1-2H3/b10-9+. The Morgan fingerprint density at radius 1 is 1.12 bits per heavy atom. The van der Waals surface area contributed by atoms with Crippen molar-refractivity contribution in [1.82, 2.24) is 4.90 Å². The number of nitrogens with zero attached hydrogens (tertiary/aromatic N) is 1. The molecule has 33 heavy (non-hydrogen) atoms. The Morgan fingerprint density at radius 2 is 1.91 bits per heavy atom. The van der Waals surface area contributed by atoms with E-state index in [2.05, 4.69) is 11.0 Å². The van der Waals surface area contributed by atoms with Crippen LogP contribution in [0, 0.1) is 6.92 Å². The minimum absolute atomic E-state index is 0.0391. The summed E-state index contributed by atoms with van der Waals surface area (Å²) in [6.45, 7) is 6.74. The predicted molar refractivity (Wildman–Crippen MR) is 134 cm³/mol. The monoisotopic (exact) mass is 463 g/mol. The van der Waals surface area contributed by atoms with Gasteiger partial charge in [0.05, 0.1) is 20.3 Å². The molecular weight excluding hydrogens is 434 g/mol. The first-order chi connectivity index (χ1) is 16.1. The van der Waals surface area contributed by atoms with Crippen LogP contribution in [0.4, 0.5) is 0 Å². The van der Waals surface area contributed by atoms with Gasteiger partial charge in [-0.1, -0.05) is 35.9 Å². The van der Waals surface area contributed by atoms with E-state index in [-0.39, 0.29) is 5.78 Å². The lowest BCUT2D eigenvalue weighted by Gasteiger charge is -2.26. The lowest BCUT2D eigenvalue weighted by Crippen LogP contribution is -2.38. The zero-order valence-corrected chi connectivity index (χ0v) is 19.9. The van der Waals surface area contributed by atoms with Gasteiger partial charge in [-0.15, -0.1) is 11.3 Å². The van der Waals surface area contributed by atoms with Gasteiger partial charge in [0.15, 0.2) is 5.78 Å². The third-order valence-electron chi connectivity index (χ3n) is 5.64. The molecule has 1 saturated heterocycles. The van der Waals surface area contributed by atoms with Gasteiger partial charge in [0.2, 0.25) is 0 Å². The molecule has 0 bridgehead atoms. The topological polar surface area (TPSA) is 48.0 Å². The fraction of sp³-hybridized carbons (Fsp3) is 0.296. The maximum absolute atomic E-state index is 12.7. The second-order valence-electron chi connectivity index (χ2n) is 7.93. The molecule has 0 radical (unpaired) electrons. The van der Waals surface area contributed by atoms with Crippen molar-refractivity contribution in [3.8, 4) is 21.9 Å². The van der Waals surface area contributed by atoms with Crippen LogP contribution in [0.5, 0.6) is 11.5 Å². The number of methoxy groups -OCH3 is 1. The molecule has 0 atom stereocenters. The smallest absolute Gasteiger partial charge is 0.185 e. The molecule has 4 rings (SSSR count). The highest BCUT2D eigenvalue weighted by Crippen LogP contribution is 2.38. The summed E-state index contributed by atoms with van der Waals surface area (Å²) in [5.74, 6) is 1.41. The van der Waals surface area contributed by atoms with Gasteiger partial charge < -0.3 is 14.2 Å². The molecule has 172 valence electrons. The summed E-state index contributed by atoms with van der Waals surface area (Å²) in [6, 6.07) is 15.6. The molecule has 1 aliphatic heterocycles. The average Bonchev–Trinajstić information content (AvgIpc) is 3.38. The Hall–Kier alpha value is -2.93. The van der Waals surface area contributed by atoms with Gasteiger partial charge in [-0.05, 0) is 36.6 Å². The number of aryl methyl sites for hydroxylation is 1. The fourth-order valence-electron chi connectivity index (χ4n) is 3.72. The van der Waals surface area contributed by atoms with Crippen molar-refractivity contribution >= 4 is 23.2 Å². The number of allylic oxidation sites excluding steroid dienone is 1. The summed E-state index contributed by atoms with van der Waals surface area (Å²) in [4.78, 5) is 16.2. The van der Waals surface area contributed by atoms with E-state index in [4.69, 9.17) is 14.2 Å². The molecule has 0 aliphatic carbocycles. The maximum atomic E-state index is 12.7. The molecule has 0 unspecified atom stereocenters. The van der Waals surface area contributed by atoms with Crippen LogP contribution < -0.4 is 9.47 Å². The van der Waals surface area contributed by atoms with Crippen LogP contribution in [0.1, 0.15) is 21.5 Å². The Bertz CT molecular complexity index is 1080. The number of ketones is 1. The first kappa shape index (κ1) is 23.2. The minimum Gasteiger partial charge on any atom is -0.496 e. The van der Waals surface area contributed by atoms with Gasteiger partial charge in [0.1, 0.15) is 18.1 Å². The van der Waals surface area contributed by atoms with Gasteiger partial charge in [-0.2, -0.15) is 0 Å². The number of carbonyl (C=O) groups is 1. The molecule has 1 aliphatic rings. The Morgan fingerprint density at radius 3 is 2.61 bits per heavy atom. The van der Waals surface area contributed by atoms with Crippen LogP contribution in [0.3, 0.4) is 0 Å². The van der Waals surface area contributed by atoms with E-state index in [0.717, 1.165) is 60.2 Å². The van der Waals surface area contributed by atoms with E-state index in [0.29, 0.717) is 17.9 Å². The van der Waals surface area contributed by atoms with Crippen LogP contribution in [0.25, 0.3) is 16.5 Å². The third kappa shape index (κ3) is 6.11. The van der Waals surface area contributed by atoms with Crippen molar-refractivity contribution in [1.29, 1.82) is 0 Å². The number of hydrogen-bond donors (Lipinski definition) is 0. The molecule has 2 heterocycles. The number of rotatable bonds is 9. The Balaban J connectivity index is 1.59. The highest BCUT2D eigenvalue weighted by Gasteiger charge is 2.15. The summed E-state index contributed by atoms with van der Waals surface area (Å²) in [5, 5.41) is 2.04. The molecule has 1 fully saturated rings. The summed E-state index contributed by atoms with van der Waals surface area (Å²) >= 11 is 1.65. The van der Waals surface area contributed by atoms with E-state index in [1.807, 2.05) is 60.8 Å². The largest absolute Gasteiger partial charge is 0.496 e. The number of carbonyl (C=O) groups excluding carboxylic acids is 1. The van der Waals surface area contributed by atoms with E-state index in [9.17, 15) is 4.79 Å². The van der Waals surface area contributed by atoms with Gasteiger partial charge in [-0.25, -0.2) is 0 Å². The molecule has 5 nitrogen and oxygen atoms in total. The first-order valence-corrected chi connectivity index (χ1v) is 12.0. The predicted octanol–water partition coefficient (Wildman–Crippen LogP) is 5.34. The summed E-state index contributed by atoms with van der Waals surface area (Å²) in [5.41, 5.74) is 3.62. The molecule has 2 aromatic carbocycles. The highest BCUT2D eigenvalue weighted by molar-refractivity contribution is 7.13. The van der Waals surface area contributed by atoms with E-state index in [1.54, 1.807) is 24.5 Å². The fourth-order valence-corrected chi connectivity index (χ4v) is 4.46. The number of thiophene rings is 1. The van der Waals surface area contributed by atoms with E-state index >= 15 is 0 Å². The number of morpholine rings is 1. The van der Waals surface area contributed by atoms with Crippen LogP contribution in [-0.2, 0) is 4.74 Å². The zero-order valence-electron chi connectivity index (χ0n) is 19.1. The lowest BCUT2D eigenvalue weighted by molar-refractivity contribution is 0.0322. The molecule has 0 amide bonds.